The molecule has 0 atom stereocenters. The molecule has 0 saturated carbocycles. The van der Waals surface area contributed by atoms with E-state index in [2.05, 4.69) is 22.9 Å². The van der Waals surface area contributed by atoms with E-state index in [0.29, 0.717) is 11.0 Å². The number of piperazine rings is 1. The maximum absolute atomic E-state index is 12.3. The summed E-state index contributed by atoms with van der Waals surface area (Å²) in [6.07, 6.45) is 0. The molecule has 1 N–H and O–H groups in total. The molecule has 2 heterocycles. The predicted octanol–water partition coefficient (Wildman–Crippen LogP) is 2.40. The third-order valence-corrected chi connectivity index (χ3v) is 4.55. The number of rotatable bonds is 1. The van der Waals surface area contributed by atoms with E-state index in [-0.39, 0.29) is 11.4 Å². The first-order valence-electron chi connectivity index (χ1n) is 7.75. The van der Waals surface area contributed by atoms with Crippen molar-refractivity contribution in [1.29, 1.82) is 0 Å². The molecule has 118 valence electrons. The SMILES string of the molecule is CN1CCN(c2ccc3c(c2)c(=O)oc2cc(O)ccc23)CC1. The second kappa shape index (κ2) is 5.28. The molecular weight excluding hydrogens is 292 g/mol. The van der Waals surface area contributed by atoms with E-state index in [1.807, 2.05) is 12.1 Å². The van der Waals surface area contributed by atoms with Crippen molar-refractivity contribution >= 4 is 27.4 Å². The molecule has 0 spiro atoms. The number of nitrogens with zero attached hydrogens (tertiary/aromatic N) is 2. The van der Waals surface area contributed by atoms with E-state index in [1.165, 1.54) is 6.07 Å². The molecule has 1 aliphatic rings. The maximum Gasteiger partial charge on any atom is 0.344 e. The largest absolute Gasteiger partial charge is 0.508 e. The van der Waals surface area contributed by atoms with Gasteiger partial charge in [0.05, 0.1) is 5.39 Å². The van der Waals surface area contributed by atoms with Crippen molar-refractivity contribution in [2.45, 2.75) is 0 Å². The van der Waals surface area contributed by atoms with Crippen molar-refractivity contribution in [2.24, 2.45) is 0 Å². The summed E-state index contributed by atoms with van der Waals surface area (Å²) in [5.74, 6) is 0.0917. The van der Waals surface area contributed by atoms with Gasteiger partial charge in [-0.25, -0.2) is 4.79 Å². The number of benzene rings is 2. The average molecular weight is 310 g/mol. The summed E-state index contributed by atoms with van der Waals surface area (Å²) in [6, 6.07) is 10.8. The molecule has 0 unspecified atom stereocenters. The van der Waals surface area contributed by atoms with Crippen LogP contribution in [0, 0.1) is 0 Å². The smallest absolute Gasteiger partial charge is 0.344 e. The number of fused-ring (bicyclic) bond motifs is 3. The third kappa shape index (κ3) is 2.43. The Morgan fingerprint density at radius 1 is 0.957 bits per heavy atom. The van der Waals surface area contributed by atoms with E-state index in [9.17, 15) is 9.90 Å². The van der Waals surface area contributed by atoms with Gasteiger partial charge in [-0.1, -0.05) is 6.07 Å². The van der Waals surface area contributed by atoms with Crippen molar-refractivity contribution in [3.63, 3.8) is 0 Å². The number of aromatic hydroxyl groups is 1. The number of likely N-dealkylation sites (N-methyl/N-ethyl adjacent to an activating group) is 1. The summed E-state index contributed by atoms with van der Waals surface area (Å²) < 4.78 is 5.37. The first-order valence-corrected chi connectivity index (χ1v) is 7.75. The fraction of sp³-hybridized carbons (Fsp3) is 0.278. The van der Waals surface area contributed by atoms with E-state index >= 15 is 0 Å². The Balaban J connectivity index is 1.86. The van der Waals surface area contributed by atoms with Gasteiger partial charge in [0, 0.05) is 48.7 Å². The van der Waals surface area contributed by atoms with Gasteiger partial charge in [0.2, 0.25) is 0 Å². The molecular formula is C18H18N2O3. The first kappa shape index (κ1) is 14.1. The molecule has 1 saturated heterocycles. The lowest BCUT2D eigenvalue weighted by molar-refractivity contribution is 0.313. The topological polar surface area (TPSA) is 56.9 Å². The summed E-state index contributed by atoms with van der Waals surface area (Å²) in [6.45, 7) is 3.94. The molecule has 0 amide bonds. The summed E-state index contributed by atoms with van der Waals surface area (Å²) >= 11 is 0. The van der Waals surface area contributed by atoms with Crippen LogP contribution in [-0.4, -0.2) is 43.2 Å². The number of phenolic OH excluding ortho intramolecular Hbond substituents is 1. The Morgan fingerprint density at radius 2 is 1.70 bits per heavy atom. The van der Waals surface area contributed by atoms with E-state index in [0.717, 1.165) is 42.6 Å². The van der Waals surface area contributed by atoms with Crippen LogP contribution in [0.4, 0.5) is 5.69 Å². The molecule has 3 aromatic rings. The Hall–Kier alpha value is -2.53. The number of hydrogen-bond acceptors (Lipinski definition) is 5. The van der Waals surface area contributed by atoms with Gasteiger partial charge in [-0.15, -0.1) is 0 Å². The van der Waals surface area contributed by atoms with Gasteiger partial charge >= 0.3 is 5.63 Å². The number of hydrogen-bond donors (Lipinski definition) is 1. The Bertz CT molecular complexity index is 940. The van der Waals surface area contributed by atoms with Crippen molar-refractivity contribution in [1.82, 2.24) is 4.90 Å². The monoisotopic (exact) mass is 310 g/mol. The third-order valence-electron chi connectivity index (χ3n) is 4.55. The lowest BCUT2D eigenvalue weighted by Gasteiger charge is -2.34. The van der Waals surface area contributed by atoms with E-state index in [1.54, 1.807) is 12.1 Å². The summed E-state index contributed by atoms with van der Waals surface area (Å²) in [5.41, 5.74) is 1.10. The van der Waals surface area contributed by atoms with Crippen LogP contribution < -0.4 is 10.5 Å². The Labute approximate surface area is 133 Å². The minimum absolute atomic E-state index is 0.0917. The molecule has 0 bridgehead atoms. The number of anilines is 1. The van der Waals surface area contributed by atoms with Gasteiger partial charge in [0.15, 0.2) is 0 Å². The minimum Gasteiger partial charge on any atom is -0.508 e. The zero-order valence-electron chi connectivity index (χ0n) is 13.0. The maximum atomic E-state index is 12.3. The Kier molecular flexibility index (Phi) is 3.23. The highest BCUT2D eigenvalue weighted by atomic mass is 16.4. The van der Waals surface area contributed by atoms with Gasteiger partial charge in [-0.3, -0.25) is 0 Å². The van der Waals surface area contributed by atoms with Crippen LogP contribution in [0.3, 0.4) is 0 Å². The van der Waals surface area contributed by atoms with Gasteiger partial charge in [-0.2, -0.15) is 0 Å². The average Bonchev–Trinajstić information content (AvgIpc) is 2.55. The molecule has 4 rings (SSSR count). The molecule has 0 aliphatic carbocycles. The minimum atomic E-state index is -0.367. The van der Waals surface area contributed by atoms with Gasteiger partial charge in [0.1, 0.15) is 11.3 Å². The standard InChI is InChI=1S/C18H18N2O3/c1-19-6-8-20(9-7-19)12-2-4-14-15-5-3-13(21)11-17(15)23-18(22)16(14)10-12/h2-5,10-11,21H,6-9H2,1H3. The van der Waals surface area contributed by atoms with Crippen LogP contribution in [0.15, 0.2) is 45.6 Å². The molecule has 1 aliphatic heterocycles. The highest BCUT2D eigenvalue weighted by Gasteiger charge is 2.16. The van der Waals surface area contributed by atoms with Crippen LogP contribution in [0.5, 0.6) is 5.75 Å². The van der Waals surface area contributed by atoms with Crippen molar-refractivity contribution in [3.05, 3.63) is 46.8 Å². The van der Waals surface area contributed by atoms with Crippen LogP contribution >= 0.6 is 0 Å². The zero-order chi connectivity index (χ0) is 16.0. The van der Waals surface area contributed by atoms with Crippen molar-refractivity contribution in [2.75, 3.05) is 38.1 Å². The van der Waals surface area contributed by atoms with Crippen LogP contribution in [0.1, 0.15) is 0 Å². The fourth-order valence-corrected chi connectivity index (χ4v) is 3.17. The van der Waals surface area contributed by atoms with Crippen molar-refractivity contribution < 1.29 is 9.52 Å². The fourth-order valence-electron chi connectivity index (χ4n) is 3.17. The van der Waals surface area contributed by atoms with Crippen molar-refractivity contribution in [3.8, 4) is 5.75 Å². The summed E-state index contributed by atoms with van der Waals surface area (Å²) in [4.78, 5) is 16.9. The first-order chi connectivity index (χ1) is 11.1. The molecule has 5 nitrogen and oxygen atoms in total. The van der Waals surface area contributed by atoms with Gasteiger partial charge in [-0.05, 0) is 31.3 Å². The highest BCUT2D eigenvalue weighted by Crippen LogP contribution is 2.28. The molecule has 1 fully saturated rings. The number of phenols is 1. The normalized spacial score (nSPS) is 16.3. The van der Waals surface area contributed by atoms with E-state index in [4.69, 9.17) is 4.42 Å². The Morgan fingerprint density at radius 3 is 2.48 bits per heavy atom. The molecule has 23 heavy (non-hydrogen) atoms. The van der Waals surface area contributed by atoms with Crippen LogP contribution in [0.2, 0.25) is 0 Å². The van der Waals surface area contributed by atoms with Crippen LogP contribution in [-0.2, 0) is 0 Å². The highest BCUT2D eigenvalue weighted by molar-refractivity contribution is 6.05. The second-order valence-electron chi connectivity index (χ2n) is 6.09. The molecule has 0 radical (unpaired) electrons. The van der Waals surface area contributed by atoms with E-state index < -0.39 is 0 Å². The lowest BCUT2D eigenvalue weighted by Crippen LogP contribution is -2.44. The quantitative estimate of drug-likeness (QED) is 0.552. The predicted molar refractivity (Wildman–Crippen MR) is 91.4 cm³/mol. The summed E-state index contributed by atoms with van der Waals surface area (Å²) in [5, 5.41) is 11.8. The van der Waals surface area contributed by atoms with Gasteiger partial charge < -0.3 is 19.3 Å². The molecule has 5 heteroatoms. The molecule has 1 aromatic heterocycles. The van der Waals surface area contributed by atoms with Gasteiger partial charge in [0.25, 0.3) is 0 Å². The summed E-state index contributed by atoms with van der Waals surface area (Å²) in [7, 11) is 2.12. The zero-order valence-corrected chi connectivity index (χ0v) is 13.0. The molecule has 2 aromatic carbocycles. The lowest BCUT2D eigenvalue weighted by atomic mass is 10.1. The second-order valence-corrected chi connectivity index (χ2v) is 6.09. The van der Waals surface area contributed by atoms with Crippen LogP contribution in [0.25, 0.3) is 21.7 Å².